The Morgan fingerprint density at radius 2 is 2.35 bits per heavy atom. The van der Waals surface area contributed by atoms with E-state index < -0.39 is 12.0 Å². The van der Waals surface area contributed by atoms with E-state index in [0.717, 1.165) is 5.56 Å². The first kappa shape index (κ1) is 14.3. The molecule has 0 radical (unpaired) electrons. The van der Waals surface area contributed by atoms with Gasteiger partial charge < -0.3 is 20.5 Å². The first-order valence-electron chi connectivity index (χ1n) is 6.42. The molecule has 6 nitrogen and oxygen atoms in total. The number of nitrogens with two attached hydrogens (primary N) is 1. The standard InChI is InChI=1S/C14H18N2O4/c1-20-11-4-2-3-9(5-11)6-12(14(18)19)16-8-10(15)7-13(16)17/h2-5,10,12H,6-8,15H2,1H3,(H,18,19). The van der Waals surface area contributed by atoms with Crippen LogP contribution >= 0.6 is 0 Å². The number of hydrogen-bond acceptors (Lipinski definition) is 4. The summed E-state index contributed by atoms with van der Waals surface area (Å²) in [6.45, 7) is 0.291. The molecule has 0 aliphatic carbocycles. The highest BCUT2D eigenvalue weighted by Gasteiger charge is 2.36. The van der Waals surface area contributed by atoms with Crippen molar-refractivity contribution in [1.82, 2.24) is 4.90 Å². The molecule has 3 N–H and O–H groups in total. The molecule has 1 saturated heterocycles. The molecule has 1 aromatic carbocycles. The minimum Gasteiger partial charge on any atom is -0.497 e. The number of likely N-dealkylation sites (tertiary alicyclic amines) is 1. The van der Waals surface area contributed by atoms with Crippen LogP contribution < -0.4 is 10.5 Å². The molecule has 1 aliphatic rings. The van der Waals surface area contributed by atoms with Crippen LogP contribution in [0.25, 0.3) is 0 Å². The van der Waals surface area contributed by atoms with Crippen molar-refractivity contribution in [2.45, 2.75) is 24.9 Å². The molecule has 0 aromatic heterocycles. The van der Waals surface area contributed by atoms with Gasteiger partial charge in [0, 0.05) is 25.4 Å². The Labute approximate surface area is 117 Å². The minimum absolute atomic E-state index is 0.201. The van der Waals surface area contributed by atoms with Crippen LogP contribution in [0.1, 0.15) is 12.0 Å². The van der Waals surface area contributed by atoms with Crippen LogP contribution in [0.5, 0.6) is 5.75 Å². The fraction of sp³-hybridized carbons (Fsp3) is 0.429. The summed E-state index contributed by atoms with van der Waals surface area (Å²) in [6.07, 6.45) is 0.451. The SMILES string of the molecule is COc1cccc(CC(C(=O)O)N2CC(N)CC2=O)c1. The van der Waals surface area contributed by atoms with E-state index in [0.29, 0.717) is 12.3 Å². The summed E-state index contributed by atoms with van der Waals surface area (Å²) in [5.41, 5.74) is 6.53. The summed E-state index contributed by atoms with van der Waals surface area (Å²) >= 11 is 0. The Morgan fingerprint density at radius 3 is 2.90 bits per heavy atom. The monoisotopic (exact) mass is 278 g/mol. The number of methoxy groups -OCH3 is 1. The van der Waals surface area contributed by atoms with Crippen molar-refractivity contribution in [3.63, 3.8) is 0 Å². The van der Waals surface area contributed by atoms with Crippen LogP contribution in [-0.4, -0.2) is 47.6 Å². The molecule has 0 bridgehead atoms. The van der Waals surface area contributed by atoms with E-state index in [-0.39, 0.29) is 24.8 Å². The number of carbonyl (C=O) groups excluding carboxylic acids is 1. The molecule has 6 heteroatoms. The van der Waals surface area contributed by atoms with Crippen molar-refractivity contribution in [2.75, 3.05) is 13.7 Å². The van der Waals surface area contributed by atoms with E-state index in [1.807, 2.05) is 6.07 Å². The highest BCUT2D eigenvalue weighted by molar-refractivity contribution is 5.85. The van der Waals surface area contributed by atoms with E-state index in [4.69, 9.17) is 10.5 Å². The van der Waals surface area contributed by atoms with Crippen LogP contribution in [-0.2, 0) is 16.0 Å². The van der Waals surface area contributed by atoms with Gasteiger partial charge >= 0.3 is 5.97 Å². The van der Waals surface area contributed by atoms with Crippen LogP contribution in [0.2, 0.25) is 0 Å². The molecule has 1 heterocycles. The van der Waals surface area contributed by atoms with E-state index in [2.05, 4.69) is 0 Å². The first-order valence-corrected chi connectivity index (χ1v) is 6.42. The second-order valence-corrected chi connectivity index (χ2v) is 4.92. The van der Waals surface area contributed by atoms with Gasteiger partial charge in [-0.25, -0.2) is 4.79 Å². The maximum Gasteiger partial charge on any atom is 0.326 e. The van der Waals surface area contributed by atoms with Crippen LogP contribution in [0.3, 0.4) is 0 Å². The minimum atomic E-state index is -1.02. The molecular formula is C14H18N2O4. The van der Waals surface area contributed by atoms with Crippen molar-refractivity contribution in [1.29, 1.82) is 0 Å². The van der Waals surface area contributed by atoms with Gasteiger partial charge in [0.05, 0.1) is 7.11 Å². The lowest BCUT2D eigenvalue weighted by molar-refractivity contribution is -0.148. The number of hydrogen-bond donors (Lipinski definition) is 2. The number of amides is 1. The summed E-state index contributed by atoms with van der Waals surface area (Å²) in [7, 11) is 1.55. The number of nitrogens with zero attached hydrogens (tertiary/aromatic N) is 1. The van der Waals surface area contributed by atoms with E-state index in [1.54, 1.807) is 25.3 Å². The maximum atomic E-state index is 11.8. The van der Waals surface area contributed by atoms with Gasteiger partial charge in [-0.15, -0.1) is 0 Å². The van der Waals surface area contributed by atoms with Crippen molar-refractivity contribution in [3.8, 4) is 5.75 Å². The Kier molecular flexibility index (Phi) is 4.24. The van der Waals surface area contributed by atoms with Gasteiger partial charge in [-0.2, -0.15) is 0 Å². The number of carboxylic acids is 1. The largest absolute Gasteiger partial charge is 0.497 e. The predicted octanol–water partition coefficient (Wildman–Crippen LogP) is 0.251. The molecule has 0 saturated carbocycles. The fourth-order valence-corrected chi connectivity index (χ4v) is 2.42. The van der Waals surface area contributed by atoms with Crippen LogP contribution in [0, 0.1) is 0 Å². The maximum absolute atomic E-state index is 11.8. The number of benzene rings is 1. The summed E-state index contributed by atoms with van der Waals surface area (Å²) in [5.74, 6) is -0.556. The van der Waals surface area contributed by atoms with E-state index in [9.17, 15) is 14.7 Å². The summed E-state index contributed by atoms with van der Waals surface area (Å²) in [6, 6.07) is 6.01. The molecule has 1 amide bonds. The summed E-state index contributed by atoms with van der Waals surface area (Å²) < 4.78 is 5.11. The molecule has 2 rings (SSSR count). The third-order valence-corrected chi connectivity index (χ3v) is 3.41. The van der Waals surface area contributed by atoms with Crippen molar-refractivity contribution < 1.29 is 19.4 Å². The second-order valence-electron chi connectivity index (χ2n) is 4.92. The molecule has 1 aromatic rings. The highest BCUT2D eigenvalue weighted by atomic mass is 16.5. The Hall–Kier alpha value is -2.08. The van der Waals surface area contributed by atoms with Crippen LogP contribution in [0.4, 0.5) is 0 Å². The topological polar surface area (TPSA) is 92.9 Å². The van der Waals surface area contributed by atoms with Crippen LogP contribution in [0.15, 0.2) is 24.3 Å². The highest BCUT2D eigenvalue weighted by Crippen LogP contribution is 2.19. The summed E-state index contributed by atoms with van der Waals surface area (Å²) in [4.78, 5) is 24.6. The fourth-order valence-electron chi connectivity index (χ4n) is 2.42. The van der Waals surface area contributed by atoms with Crippen molar-refractivity contribution in [2.24, 2.45) is 5.73 Å². The number of ether oxygens (including phenoxy) is 1. The van der Waals surface area contributed by atoms with Gasteiger partial charge in [0.1, 0.15) is 11.8 Å². The van der Waals surface area contributed by atoms with Crippen molar-refractivity contribution in [3.05, 3.63) is 29.8 Å². The number of rotatable bonds is 5. The zero-order valence-corrected chi connectivity index (χ0v) is 11.3. The first-order chi connectivity index (χ1) is 9.51. The number of carbonyl (C=O) groups is 2. The van der Waals surface area contributed by atoms with Gasteiger partial charge in [0.25, 0.3) is 0 Å². The van der Waals surface area contributed by atoms with Gasteiger partial charge in [0.15, 0.2) is 0 Å². The molecular weight excluding hydrogens is 260 g/mol. The third kappa shape index (κ3) is 3.08. The second kappa shape index (κ2) is 5.92. The van der Waals surface area contributed by atoms with Gasteiger partial charge in [-0.3, -0.25) is 4.79 Å². The third-order valence-electron chi connectivity index (χ3n) is 3.41. The number of carboxylic acid groups (broad SMARTS) is 1. The average Bonchev–Trinajstić information content (AvgIpc) is 2.74. The smallest absolute Gasteiger partial charge is 0.326 e. The molecule has 20 heavy (non-hydrogen) atoms. The molecule has 1 aliphatic heterocycles. The Balaban J connectivity index is 2.17. The molecule has 108 valence electrons. The lowest BCUT2D eigenvalue weighted by Crippen LogP contribution is -2.44. The molecule has 2 unspecified atom stereocenters. The van der Waals surface area contributed by atoms with E-state index >= 15 is 0 Å². The summed E-state index contributed by atoms with van der Waals surface area (Å²) in [5, 5.41) is 9.36. The van der Waals surface area contributed by atoms with Crippen molar-refractivity contribution >= 4 is 11.9 Å². The molecule has 1 fully saturated rings. The lowest BCUT2D eigenvalue weighted by atomic mass is 10.0. The zero-order valence-electron chi connectivity index (χ0n) is 11.3. The molecule has 2 atom stereocenters. The molecule has 0 spiro atoms. The predicted molar refractivity (Wildman–Crippen MR) is 72.4 cm³/mol. The quantitative estimate of drug-likeness (QED) is 0.805. The zero-order chi connectivity index (χ0) is 14.7. The Morgan fingerprint density at radius 1 is 1.60 bits per heavy atom. The van der Waals surface area contributed by atoms with Gasteiger partial charge in [0.2, 0.25) is 5.91 Å². The van der Waals surface area contributed by atoms with E-state index in [1.165, 1.54) is 4.90 Å². The Bertz CT molecular complexity index is 518. The average molecular weight is 278 g/mol. The lowest BCUT2D eigenvalue weighted by Gasteiger charge is -2.24. The number of aliphatic carboxylic acids is 1. The van der Waals surface area contributed by atoms with Gasteiger partial charge in [-0.1, -0.05) is 12.1 Å². The van der Waals surface area contributed by atoms with Gasteiger partial charge in [-0.05, 0) is 17.7 Å². The normalized spacial score (nSPS) is 20.0.